The lowest BCUT2D eigenvalue weighted by Gasteiger charge is -2.50. The topological polar surface area (TPSA) is 63.6 Å². The Morgan fingerprint density at radius 3 is 2.54 bits per heavy atom. The second kappa shape index (κ2) is 6.40. The summed E-state index contributed by atoms with van der Waals surface area (Å²) in [5.74, 6) is -0.905. The lowest BCUT2D eigenvalue weighted by atomic mass is 9.55. The van der Waals surface area contributed by atoms with Crippen molar-refractivity contribution in [2.75, 3.05) is 7.11 Å². The summed E-state index contributed by atoms with van der Waals surface area (Å²) in [7, 11) is 1.38. The maximum absolute atomic E-state index is 12.7. The molecule has 1 N–H and O–H groups in total. The molecule has 2 atom stereocenters. The van der Waals surface area contributed by atoms with Crippen LogP contribution in [0.15, 0.2) is 34.3 Å². The number of Topliss-reactive ketones (excluding diaryl/α,β-unsaturated/α-hetero) is 1. The van der Waals surface area contributed by atoms with E-state index in [1.54, 1.807) is 0 Å². The summed E-state index contributed by atoms with van der Waals surface area (Å²) in [6.07, 6.45) is 7.04. The Labute approximate surface area is 156 Å². The number of allylic oxidation sites excluding steroid dienone is 4. The molecule has 3 aliphatic carbocycles. The van der Waals surface area contributed by atoms with Crippen molar-refractivity contribution in [3.63, 3.8) is 0 Å². The van der Waals surface area contributed by atoms with Crippen molar-refractivity contribution in [3.8, 4) is 0 Å². The monoisotopic (exact) mass is 358 g/mol. The first-order chi connectivity index (χ1) is 12.1. The van der Waals surface area contributed by atoms with E-state index in [1.807, 2.05) is 0 Å². The molecule has 0 aromatic rings. The minimum atomic E-state index is -0.540. The molecule has 0 amide bonds. The number of hydrogen-bond donors (Lipinski definition) is 1. The first-order valence-corrected chi connectivity index (χ1v) is 9.61. The van der Waals surface area contributed by atoms with Crippen LogP contribution in [0.5, 0.6) is 0 Å². The van der Waals surface area contributed by atoms with Crippen LogP contribution in [0.25, 0.3) is 0 Å². The van der Waals surface area contributed by atoms with Crippen molar-refractivity contribution in [2.24, 2.45) is 16.7 Å². The Morgan fingerprint density at radius 1 is 1.19 bits per heavy atom. The maximum atomic E-state index is 12.7. The lowest BCUT2D eigenvalue weighted by Crippen LogP contribution is -2.39. The van der Waals surface area contributed by atoms with Gasteiger partial charge in [0.25, 0.3) is 0 Å². The number of methoxy groups -OCH3 is 1. The van der Waals surface area contributed by atoms with Gasteiger partial charge >= 0.3 is 0 Å². The zero-order valence-electron chi connectivity index (χ0n) is 16.6. The minimum Gasteiger partial charge on any atom is -0.504 e. The Morgan fingerprint density at radius 2 is 1.88 bits per heavy atom. The van der Waals surface area contributed by atoms with Gasteiger partial charge in [0.15, 0.2) is 11.5 Å². The van der Waals surface area contributed by atoms with Crippen molar-refractivity contribution in [1.29, 1.82) is 0 Å². The molecule has 0 spiro atoms. The molecule has 0 fully saturated rings. The second-order valence-corrected chi connectivity index (χ2v) is 8.96. The van der Waals surface area contributed by atoms with Gasteiger partial charge in [-0.15, -0.1) is 0 Å². The Balaban J connectivity index is 2.06. The number of aliphatic hydroxyl groups is 1. The molecule has 0 heterocycles. The van der Waals surface area contributed by atoms with Crippen LogP contribution in [-0.2, 0) is 14.3 Å². The van der Waals surface area contributed by atoms with Crippen LogP contribution in [0.1, 0.15) is 66.2 Å². The van der Waals surface area contributed by atoms with Gasteiger partial charge in [0.1, 0.15) is 0 Å². The number of rotatable bonds is 3. The minimum absolute atomic E-state index is 0.0213. The second-order valence-electron chi connectivity index (χ2n) is 8.96. The van der Waals surface area contributed by atoms with Gasteiger partial charge in [-0.3, -0.25) is 9.59 Å². The average molecular weight is 358 g/mol. The van der Waals surface area contributed by atoms with E-state index in [0.29, 0.717) is 12.3 Å². The summed E-state index contributed by atoms with van der Waals surface area (Å²) < 4.78 is 5.07. The first-order valence-electron chi connectivity index (χ1n) is 9.61. The van der Waals surface area contributed by atoms with Gasteiger partial charge < -0.3 is 9.84 Å². The number of carbonyl (C=O) groups is 2. The molecule has 0 aromatic heterocycles. The molecule has 4 heteroatoms. The highest BCUT2D eigenvalue weighted by molar-refractivity contribution is 6.20. The molecule has 0 saturated heterocycles. The molecule has 0 aromatic carbocycles. The predicted octanol–water partition coefficient (Wildman–Crippen LogP) is 4.81. The highest BCUT2D eigenvalue weighted by Gasteiger charge is 2.46. The third-order valence-corrected chi connectivity index (χ3v) is 7.06. The molecule has 3 rings (SSSR count). The van der Waals surface area contributed by atoms with Crippen LogP contribution < -0.4 is 0 Å². The van der Waals surface area contributed by atoms with E-state index in [4.69, 9.17) is 4.74 Å². The SMILES string of the molecule is COC1=CC(=O)C(O)=C(C[C@]2(C)C3=C(CC[C@H]2C)C(C)(C)CCC3)C1=O. The molecular weight excluding hydrogens is 328 g/mol. The van der Waals surface area contributed by atoms with Gasteiger partial charge in [-0.25, -0.2) is 0 Å². The Bertz CT molecular complexity index is 750. The molecule has 0 saturated carbocycles. The van der Waals surface area contributed by atoms with Crippen molar-refractivity contribution in [2.45, 2.75) is 66.2 Å². The number of ketones is 2. The zero-order chi connectivity index (χ0) is 19.3. The van der Waals surface area contributed by atoms with Gasteiger partial charge in [-0.05, 0) is 55.3 Å². The molecule has 4 nitrogen and oxygen atoms in total. The van der Waals surface area contributed by atoms with Gasteiger partial charge in [0.2, 0.25) is 11.6 Å². The summed E-state index contributed by atoms with van der Waals surface area (Å²) in [5.41, 5.74) is 3.15. The summed E-state index contributed by atoms with van der Waals surface area (Å²) in [4.78, 5) is 24.8. The normalized spacial score (nSPS) is 31.7. The van der Waals surface area contributed by atoms with Crippen LogP contribution >= 0.6 is 0 Å². The molecule has 26 heavy (non-hydrogen) atoms. The molecule has 0 radical (unpaired) electrons. The number of aliphatic hydroxyl groups excluding tert-OH is 1. The van der Waals surface area contributed by atoms with Gasteiger partial charge in [0, 0.05) is 6.08 Å². The van der Waals surface area contributed by atoms with E-state index in [2.05, 4.69) is 27.7 Å². The summed E-state index contributed by atoms with van der Waals surface area (Å²) in [5, 5.41) is 10.3. The standard InChI is InChI=1S/C22H30O4/c1-13-8-9-15-16(7-6-10-21(15,2)3)22(13,4)12-14-19(24)17(23)11-18(26-5)20(14)25/h11,13,24H,6-10,12H2,1-5H3/t13-,22+/m1/s1. The highest BCUT2D eigenvalue weighted by atomic mass is 16.5. The molecule has 3 aliphatic rings. The maximum Gasteiger partial charge on any atom is 0.227 e. The Kier molecular flexibility index (Phi) is 4.66. The number of carbonyl (C=O) groups excluding carboxylic acids is 2. The van der Waals surface area contributed by atoms with E-state index < -0.39 is 11.5 Å². The Hall–Kier alpha value is -1.84. The third-order valence-electron chi connectivity index (χ3n) is 7.06. The van der Waals surface area contributed by atoms with Gasteiger partial charge in [-0.1, -0.05) is 38.8 Å². The fraction of sp³-hybridized carbons (Fsp3) is 0.636. The van der Waals surface area contributed by atoms with Crippen LogP contribution in [-0.4, -0.2) is 23.8 Å². The molecule has 0 unspecified atom stereocenters. The first kappa shape index (κ1) is 18.9. The van der Waals surface area contributed by atoms with E-state index in [9.17, 15) is 14.7 Å². The molecule has 0 aliphatic heterocycles. The molecule has 142 valence electrons. The number of hydrogen-bond acceptors (Lipinski definition) is 4. The van der Waals surface area contributed by atoms with E-state index in [-0.39, 0.29) is 27.9 Å². The highest BCUT2D eigenvalue weighted by Crippen LogP contribution is 2.57. The molecular formula is C22H30O4. The molecule has 0 bridgehead atoms. The average Bonchev–Trinajstić information content (AvgIpc) is 2.58. The van der Waals surface area contributed by atoms with Crippen molar-refractivity contribution >= 4 is 11.6 Å². The summed E-state index contributed by atoms with van der Waals surface area (Å²) >= 11 is 0. The van der Waals surface area contributed by atoms with Crippen molar-refractivity contribution in [3.05, 3.63) is 34.3 Å². The van der Waals surface area contributed by atoms with Crippen LogP contribution in [0.4, 0.5) is 0 Å². The van der Waals surface area contributed by atoms with E-state index in [0.717, 1.165) is 31.8 Å². The lowest BCUT2D eigenvalue weighted by molar-refractivity contribution is -0.120. The van der Waals surface area contributed by atoms with Crippen molar-refractivity contribution in [1.82, 2.24) is 0 Å². The fourth-order valence-electron chi connectivity index (χ4n) is 5.14. The summed E-state index contributed by atoms with van der Waals surface area (Å²) in [6.45, 7) is 9.06. The van der Waals surface area contributed by atoms with Gasteiger partial charge in [-0.2, -0.15) is 0 Å². The van der Waals surface area contributed by atoms with E-state index in [1.165, 1.54) is 24.7 Å². The number of ether oxygens (including phenoxy) is 1. The van der Waals surface area contributed by atoms with Crippen LogP contribution in [0.3, 0.4) is 0 Å². The third kappa shape index (κ3) is 2.83. The van der Waals surface area contributed by atoms with Gasteiger partial charge in [0.05, 0.1) is 12.7 Å². The summed E-state index contributed by atoms with van der Waals surface area (Å²) in [6, 6.07) is 0. The smallest absolute Gasteiger partial charge is 0.227 e. The van der Waals surface area contributed by atoms with Crippen molar-refractivity contribution < 1.29 is 19.4 Å². The van der Waals surface area contributed by atoms with E-state index >= 15 is 0 Å². The zero-order valence-corrected chi connectivity index (χ0v) is 16.6. The van der Waals surface area contributed by atoms with Crippen LogP contribution in [0, 0.1) is 16.7 Å². The quantitative estimate of drug-likeness (QED) is 0.581. The van der Waals surface area contributed by atoms with Crippen LogP contribution in [0.2, 0.25) is 0 Å². The largest absolute Gasteiger partial charge is 0.504 e. The fourth-order valence-corrected chi connectivity index (χ4v) is 5.14. The predicted molar refractivity (Wildman–Crippen MR) is 101 cm³/mol.